The van der Waals surface area contributed by atoms with E-state index in [1.165, 1.54) is 17.8 Å². The Bertz CT molecular complexity index is 1020. The van der Waals surface area contributed by atoms with Crippen LogP contribution in [0.15, 0.2) is 71.8 Å². The van der Waals surface area contributed by atoms with Crippen molar-refractivity contribution in [1.29, 1.82) is 0 Å². The summed E-state index contributed by atoms with van der Waals surface area (Å²) in [5, 5.41) is 3.23. The molecule has 0 radical (unpaired) electrons. The summed E-state index contributed by atoms with van der Waals surface area (Å²) in [7, 11) is -2.16. The second kappa shape index (κ2) is 8.75. The number of aromatic nitrogens is 1. The van der Waals surface area contributed by atoms with Crippen LogP contribution in [0, 0.1) is 6.92 Å². The largest absolute Gasteiger partial charge is 0.497 e. The average molecular weight is 398 g/mol. The number of aryl methyl sites for hydroxylation is 1. The smallest absolute Gasteiger partial charge is 0.262 e. The molecule has 0 spiro atoms. The minimum absolute atomic E-state index is 0.207. The number of rotatable bonds is 8. The van der Waals surface area contributed by atoms with Crippen LogP contribution in [0.25, 0.3) is 0 Å². The van der Waals surface area contributed by atoms with Gasteiger partial charge in [-0.2, -0.15) is 0 Å². The number of methoxy groups -OCH3 is 1. The lowest BCUT2D eigenvalue weighted by Gasteiger charge is -2.12. The third-order valence-electron chi connectivity index (χ3n) is 4.25. The second-order valence-corrected chi connectivity index (χ2v) is 7.98. The standard InChI is InChI=1S/C21H23N3O3S/c1-16-14-19(27-2)9-10-20(16)28(25,26)24-18-8-11-21(23-15-18)22-13-12-17-6-4-3-5-7-17/h3-11,14-15,24H,12-13H2,1-2H3,(H,22,23). The molecule has 146 valence electrons. The molecule has 1 aromatic heterocycles. The lowest BCUT2D eigenvalue weighted by atomic mass is 10.1. The van der Waals surface area contributed by atoms with E-state index in [0.29, 0.717) is 22.8 Å². The number of hydrogen-bond acceptors (Lipinski definition) is 5. The summed E-state index contributed by atoms with van der Waals surface area (Å²) < 4.78 is 33.0. The van der Waals surface area contributed by atoms with Gasteiger partial charge in [0.05, 0.1) is 23.9 Å². The van der Waals surface area contributed by atoms with Crippen molar-refractivity contribution in [3.8, 4) is 5.75 Å². The number of anilines is 2. The predicted octanol–water partition coefficient (Wildman–Crippen LogP) is 3.85. The van der Waals surface area contributed by atoms with E-state index >= 15 is 0 Å². The van der Waals surface area contributed by atoms with Crippen molar-refractivity contribution in [2.45, 2.75) is 18.2 Å². The Kier molecular flexibility index (Phi) is 6.16. The van der Waals surface area contributed by atoms with Crippen LogP contribution in [0.2, 0.25) is 0 Å². The summed E-state index contributed by atoms with van der Waals surface area (Å²) in [6.07, 6.45) is 2.38. The lowest BCUT2D eigenvalue weighted by Crippen LogP contribution is -2.14. The van der Waals surface area contributed by atoms with Gasteiger partial charge in [0.2, 0.25) is 0 Å². The Morgan fingerprint density at radius 1 is 1.04 bits per heavy atom. The lowest BCUT2D eigenvalue weighted by molar-refractivity contribution is 0.414. The normalized spacial score (nSPS) is 11.1. The first-order chi connectivity index (χ1) is 13.5. The average Bonchev–Trinajstić information content (AvgIpc) is 2.69. The molecule has 0 fully saturated rings. The fourth-order valence-electron chi connectivity index (χ4n) is 2.80. The molecule has 6 nitrogen and oxygen atoms in total. The number of hydrogen-bond donors (Lipinski definition) is 2. The van der Waals surface area contributed by atoms with Crippen molar-refractivity contribution >= 4 is 21.5 Å². The maximum Gasteiger partial charge on any atom is 0.262 e. The van der Waals surface area contributed by atoms with Crippen molar-refractivity contribution in [2.24, 2.45) is 0 Å². The molecule has 0 unspecified atom stereocenters. The Balaban J connectivity index is 1.61. The number of benzene rings is 2. The van der Waals surface area contributed by atoms with Gasteiger partial charge >= 0.3 is 0 Å². The van der Waals surface area contributed by atoms with Crippen molar-refractivity contribution < 1.29 is 13.2 Å². The summed E-state index contributed by atoms with van der Waals surface area (Å²) >= 11 is 0. The van der Waals surface area contributed by atoms with E-state index in [-0.39, 0.29) is 4.90 Å². The Hall–Kier alpha value is -3.06. The molecule has 3 rings (SSSR count). The summed E-state index contributed by atoms with van der Waals surface area (Å²) in [5.74, 6) is 1.31. The van der Waals surface area contributed by atoms with Gasteiger partial charge in [-0.15, -0.1) is 0 Å². The number of nitrogens with zero attached hydrogens (tertiary/aromatic N) is 1. The number of nitrogens with one attached hydrogen (secondary N) is 2. The Morgan fingerprint density at radius 2 is 1.82 bits per heavy atom. The van der Waals surface area contributed by atoms with Crippen molar-refractivity contribution in [1.82, 2.24) is 4.98 Å². The zero-order valence-corrected chi connectivity index (χ0v) is 16.7. The van der Waals surface area contributed by atoms with Gasteiger partial charge in [-0.3, -0.25) is 4.72 Å². The van der Waals surface area contributed by atoms with E-state index in [0.717, 1.165) is 13.0 Å². The molecule has 0 bridgehead atoms. The Morgan fingerprint density at radius 3 is 2.46 bits per heavy atom. The van der Waals surface area contributed by atoms with E-state index in [1.54, 1.807) is 38.3 Å². The number of sulfonamides is 1. The molecule has 0 saturated carbocycles. The molecule has 28 heavy (non-hydrogen) atoms. The minimum Gasteiger partial charge on any atom is -0.497 e. The molecular formula is C21H23N3O3S. The molecule has 0 aliphatic rings. The van der Waals surface area contributed by atoms with Crippen LogP contribution in [0.3, 0.4) is 0 Å². The first kappa shape index (κ1) is 19.7. The summed E-state index contributed by atoms with van der Waals surface area (Å²) in [6, 6.07) is 18.5. The van der Waals surface area contributed by atoms with Gasteiger partial charge in [0.1, 0.15) is 11.6 Å². The van der Waals surface area contributed by atoms with Crippen molar-refractivity contribution in [3.63, 3.8) is 0 Å². The van der Waals surface area contributed by atoms with Crippen LogP contribution in [-0.4, -0.2) is 27.1 Å². The van der Waals surface area contributed by atoms with Crippen LogP contribution in [-0.2, 0) is 16.4 Å². The van der Waals surface area contributed by atoms with Gasteiger partial charge in [0.15, 0.2) is 0 Å². The van der Waals surface area contributed by atoms with E-state index in [1.807, 2.05) is 18.2 Å². The minimum atomic E-state index is -3.70. The van der Waals surface area contributed by atoms with Crippen molar-refractivity contribution in [3.05, 3.63) is 78.0 Å². The summed E-state index contributed by atoms with van der Waals surface area (Å²) in [5.41, 5.74) is 2.26. The second-order valence-electron chi connectivity index (χ2n) is 6.33. The van der Waals surface area contributed by atoms with E-state index in [2.05, 4.69) is 27.2 Å². The third-order valence-corrected chi connectivity index (χ3v) is 5.79. The number of ether oxygens (including phenoxy) is 1. The molecule has 0 atom stereocenters. The molecule has 3 aromatic rings. The monoisotopic (exact) mass is 397 g/mol. The van der Waals surface area contributed by atoms with Gasteiger partial charge in [-0.1, -0.05) is 30.3 Å². The van der Waals surface area contributed by atoms with E-state index in [4.69, 9.17) is 4.74 Å². The zero-order chi connectivity index (χ0) is 20.0. The van der Waals surface area contributed by atoms with Gasteiger partial charge < -0.3 is 10.1 Å². The number of pyridine rings is 1. The van der Waals surface area contributed by atoms with Gasteiger partial charge in [-0.25, -0.2) is 13.4 Å². The van der Waals surface area contributed by atoms with Gasteiger partial charge in [0, 0.05) is 6.54 Å². The first-order valence-corrected chi connectivity index (χ1v) is 10.4. The quantitative estimate of drug-likeness (QED) is 0.603. The Labute approximate surface area is 165 Å². The van der Waals surface area contributed by atoms with Gasteiger partial charge in [0.25, 0.3) is 10.0 Å². The van der Waals surface area contributed by atoms with Crippen LogP contribution >= 0.6 is 0 Å². The third kappa shape index (κ3) is 5.01. The topological polar surface area (TPSA) is 80.3 Å². The molecule has 2 N–H and O–H groups in total. The molecular weight excluding hydrogens is 374 g/mol. The van der Waals surface area contributed by atoms with E-state index < -0.39 is 10.0 Å². The van der Waals surface area contributed by atoms with Crippen LogP contribution in [0.4, 0.5) is 11.5 Å². The molecule has 0 aliphatic carbocycles. The highest BCUT2D eigenvalue weighted by Gasteiger charge is 2.17. The zero-order valence-electron chi connectivity index (χ0n) is 15.8. The molecule has 2 aromatic carbocycles. The molecule has 0 saturated heterocycles. The van der Waals surface area contributed by atoms with Crippen LogP contribution in [0.1, 0.15) is 11.1 Å². The SMILES string of the molecule is COc1ccc(S(=O)(=O)Nc2ccc(NCCc3ccccc3)nc2)c(C)c1. The van der Waals surface area contributed by atoms with E-state index in [9.17, 15) is 8.42 Å². The van der Waals surface area contributed by atoms with Crippen LogP contribution in [0.5, 0.6) is 5.75 Å². The highest BCUT2D eigenvalue weighted by molar-refractivity contribution is 7.92. The predicted molar refractivity (Wildman–Crippen MR) is 111 cm³/mol. The highest BCUT2D eigenvalue weighted by Crippen LogP contribution is 2.23. The molecule has 0 amide bonds. The molecule has 7 heteroatoms. The van der Waals surface area contributed by atoms with Crippen molar-refractivity contribution in [2.75, 3.05) is 23.7 Å². The first-order valence-electron chi connectivity index (χ1n) is 8.89. The van der Waals surface area contributed by atoms with Crippen LogP contribution < -0.4 is 14.8 Å². The fraction of sp³-hybridized carbons (Fsp3) is 0.190. The van der Waals surface area contributed by atoms with Gasteiger partial charge in [-0.05, 0) is 54.8 Å². The maximum absolute atomic E-state index is 12.6. The fourth-order valence-corrected chi connectivity index (χ4v) is 4.07. The molecule has 1 heterocycles. The molecule has 0 aliphatic heterocycles. The summed E-state index contributed by atoms with van der Waals surface area (Å²) in [4.78, 5) is 4.49. The summed E-state index contributed by atoms with van der Waals surface area (Å²) in [6.45, 7) is 2.47. The highest BCUT2D eigenvalue weighted by atomic mass is 32.2. The maximum atomic E-state index is 12.6.